The maximum atomic E-state index is 4.65. The van der Waals surface area contributed by atoms with Crippen LogP contribution in [0.4, 0.5) is 5.82 Å². The van der Waals surface area contributed by atoms with Crippen molar-refractivity contribution in [1.82, 2.24) is 10.3 Å². The number of nitrogens with zero attached hydrogens (tertiary/aromatic N) is 2. The molecule has 0 radical (unpaired) electrons. The Bertz CT molecular complexity index is 444. The third-order valence-electron chi connectivity index (χ3n) is 4.81. The molecule has 1 aromatic heterocycles. The second-order valence-corrected chi connectivity index (χ2v) is 6.65. The summed E-state index contributed by atoms with van der Waals surface area (Å²) in [6, 6.07) is 5.70. The van der Waals surface area contributed by atoms with Gasteiger partial charge in [0.15, 0.2) is 0 Å². The normalized spacial score (nSPS) is 26.1. The van der Waals surface area contributed by atoms with Crippen LogP contribution in [0.1, 0.15) is 51.5 Å². The SMILES string of the molecule is CC(C)NCc1ccnc(N2CCCC3CCCC32)c1. The van der Waals surface area contributed by atoms with E-state index in [9.17, 15) is 0 Å². The standard InChI is InChI=1S/C17H27N3/c1-13(2)19-12-14-8-9-18-17(11-14)20-10-4-6-15-5-3-7-16(15)20/h8-9,11,13,15-16,19H,3-7,10,12H2,1-2H3. The molecule has 3 nitrogen and oxygen atoms in total. The number of rotatable bonds is 4. The first-order valence-electron chi connectivity index (χ1n) is 8.19. The summed E-state index contributed by atoms with van der Waals surface area (Å²) in [5.74, 6) is 2.12. The van der Waals surface area contributed by atoms with Gasteiger partial charge in [-0.2, -0.15) is 0 Å². The first-order chi connectivity index (χ1) is 9.74. The Morgan fingerprint density at radius 3 is 3.00 bits per heavy atom. The van der Waals surface area contributed by atoms with Crippen LogP contribution in [0.3, 0.4) is 0 Å². The van der Waals surface area contributed by atoms with Crippen LogP contribution >= 0.6 is 0 Å². The largest absolute Gasteiger partial charge is 0.353 e. The van der Waals surface area contributed by atoms with E-state index >= 15 is 0 Å². The Kier molecular flexibility index (Phi) is 4.25. The summed E-state index contributed by atoms with van der Waals surface area (Å²) in [6.45, 7) is 6.51. The van der Waals surface area contributed by atoms with Crippen molar-refractivity contribution < 1.29 is 0 Å². The Balaban J connectivity index is 1.74. The minimum absolute atomic E-state index is 0.529. The monoisotopic (exact) mass is 273 g/mol. The lowest BCUT2D eigenvalue weighted by atomic mass is 9.92. The van der Waals surface area contributed by atoms with Crippen molar-refractivity contribution in [2.24, 2.45) is 5.92 Å². The Morgan fingerprint density at radius 2 is 2.15 bits per heavy atom. The van der Waals surface area contributed by atoms with Crippen LogP contribution < -0.4 is 10.2 Å². The van der Waals surface area contributed by atoms with Crippen molar-refractivity contribution in [3.05, 3.63) is 23.9 Å². The molecule has 20 heavy (non-hydrogen) atoms. The fourth-order valence-corrected chi connectivity index (χ4v) is 3.79. The van der Waals surface area contributed by atoms with Crippen molar-refractivity contribution in [1.29, 1.82) is 0 Å². The maximum absolute atomic E-state index is 4.65. The van der Waals surface area contributed by atoms with Crippen LogP contribution in [0.5, 0.6) is 0 Å². The number of aromatic nitrogens is 1. The number of nitrogens with one attached hydrogen (secondary N) is 1. The second kappa shape index (κ2) is 6.13. The van der Waals surface area contributed by atoms with Gasteiger partial charge in [0, 0.05) is 31.4 Å². The predicted molar refractivity (Wildman–Crippen MR) is 83.9 cm³/mol. The molecule has 2 fully saturated rings. The van der Waals surface area contributed by atoms with Gasteiger partial charge < -0.3 is 10.2 Å². The summed E-state index contributed by atoms with van der Waals surface area (Å²) in [4.78, 5) is 7.23. The van der Waals surface area contributed by atoms with E-state index in [0.29, 0.717) is 6.04 Å². The van der Waals surface area contributed by atoms with Crippen LogP contribution in [-0.4, -0.2) is 23.6 Å². The molecule has 110 valence electrons. The lowest BCUT2D eigenvalue weighted by molar-refractivity contribution is 0.360. The Labute approximate surface area is 122 Å². The average molecular weight is 273 g/mol. The molecule has 0 amide bonds. The average Bonchev–Trinajstić information content (AvgIpc) is 2.93. The minimum atomic E-state index is 0.529. The van der Waals surface area contributed by atoms with Crippen molar-refractivity contribution in [2.45, 2.75) is 64.6 Å². The Morgan fingerprint density at radius 1 is 1.30 bits per heavy atom. The number of piperidine rings is 1. The van der Waals surface area contributed by atoms with Gasteiger partial charge >= 0.3 is 0 Å². The molecule has 1 aromatic rings. The summed E-state index contributed by atoms with van der Waals surface area (Å²) in [5.41, 5.74) is 1.35. The molecule has 0 aromatic carbocycles. The second-order valence-electron chi connectivity index (χ2n) is 6.65. The highest BCUT2D eigenvalue weighted by Gasteiger charge is 2.35. The highest BCUT2D eigenvalue weighted by atomic mass is 15.2. The van der Waals surface area contributed by atoms with E-state index in [1.54, 1.807) is 0 Å². The summed E-state index contributed by atoms with van der Waals surface area (Å²) in [7, 11) is 0. The maximum Gasteiger partial charge on any atom is 0.129 e. The molecule has 1 N–H and O–H groups in total. The summed E-state index contributed by atoms with van der Waals surface area (Å²) >= 11 is 0. The third kappa shape index (κ3) is 2.98. The van der Waals surface area contributed by atoms with Crippen LogP contribution in [0, 0.1) is 5.92 Å². The van der Waals surface area contributed by atoms with Crippen LogP contribution in [-0.2, 0) is 6.54 Å². The third-order valence-corrected chi connectivity index (χ3v) is 4.81. The van der Waals surface area contributed by atoms with Gasteiger partial charge in [0.05, 0.1) is 0 Å². The van der Waals surface area contributed by atoms with Crippen LogP contribution in [0.25, 0.3) is 0 Å². The highest BCUT2D eigenvalue weighted by Crippen LogP contribution is 2.38. The zero-order valence-electron chi connectivity index (χ0n) is 12.8. The molecular formula is C17H27N3. The first-order valence-corrected chi connectivity index (χ1v) is 8.19. The van der Waals surface area contributed by atoms with Gasteiger partial charge in [-0.25, -0.2) is 4.98 Å². The molecule has 3 rings (SSSR count). The van der Waals surface area contributed by atoms with E-state index in [-0.39, 0.29) is 0 Å². The highest BCUT2D eigenvalue weighted by molar-refractivity contribution is 5.43. The summed E-state index contributed by atoms with van der Waals surface area (Å²) in [6.07, 6.45) is 8.93. The molecule has 2 aliphatic rings. The number of pyridine rings is 1. The molecule has 1 saturated heterocycles. The van der Waals surface area contributed by atoms with Crippen molar-refractivity contribution >= 4 is 5.82 Å². The lowest BCUT2D eigenvalue weighted by Gasteiger charge is -2.38. The van der Waals surface area contributed by atoms with Crippen LogP contribution in [0.15, 0.2) is 18.3 Å². The molecule has 2 atom stereocenters. The van der Waals surface area contributed by atoms with E-state index in [1.165, 1.54) is 50.0 Å². The smallest absolute Gasteiger partial charge is 0.129 e. The lowest BCUT2D eigenvalue weighted by Crippen LogP contribution is -2.43. The van der Waals surface area contributed by atoms with Gasteiger partial charge in [0.2, 0.25) is 0 Å². The predicted octanol–water partition coefficient (Wildman–Crippen LogP) is 3.35. The van der Waals surface area contributed by atoms with Gasteiger partial charge in [-0.3, -0.25) is 0 Å². The zero-order chi connectivity index (χ0) is 13.9. The molecule has 1 aliphatic heterocycles. The van der Waals surface area contributed by atoms with Gasteiger partial charge in [-0.05, 0) is 49.3 Å². The molecule has 2 unspecified atom stereocenters. The quantitative estimate of drug-likeness (QED) is 0.912. The molecule has 0 bridgehead atoms. The molecular weight excluding hydrogens is 246 g/mol. The molecule has 2 heterocycles. The van der Waals surface area contributed by atoms with Crippen LogP contribution in [0.2, 0.25) is 0 Å². The number of anilines is 1. The Hall–Kier alpha value is -1.09. The summed E-state index contributed by atoms with van der Waals surface area (Å²) < 4.78 is 0. The molecule has 1 saturated carbocycles. The van der Waals surface area contributed by atoms with Gasteiger partial charge in [0.25, 0.3) is 0 Å². The van der Waals surface area contributed by atoms with Gasteiger partial charge in [-0.15, -0.1) is 0 Å². The number of fused-ring (bicyclic) bond motifs is 1. The van der Waals surface area contributed by atoms with E-state index in [2.05, 4.69) is 41.2 Å². The molecule has 0 spiro atoms. The fourth-order valence-electron chi connectivity index (χ4n) is 3.79. The van der Waals surface area contributed by atoms with E-state index < -0.39 is 0 Å². The number of hydrogen-bond acceptors (Lipinski definition) is 3. The van der Waals surface area contributed by atoms with Crippen molar-refractivity contribution in [2.75, 3.05) is 11.4 Å². The van der Waals surface area contributed by atoms with Crippen molar-refractivity contribution in [3.63, 3.8) is 0 Å². The zero-order valence-corrected chi connectivity index (χ0v) is 12.8. The van der Waals surface area contributed by atoms with E-state index in [1.807, 2.05) is 6.20 Å². The van der Waals surface area contributed by atoms with Gasteiger partial charge in [0.1, 0.15) is 5.82 Å². The molecule has 1 aliphatic carbocycles. The fraction of sp³-hybridized carbons (Fsp3) is 0.706. The molecule has 3 heteroatoms. The first kappa shape index (κ1) is 13.9. The van der Waals surface area contributed by atoms with E-state index in [4.69, 9.17) is 0 Å². The minimum Gasteiger partial charge on any atom is -0.353 e. The topological polar surface area (TPSA) is 28.2 Å². The number of hydrogen-bond donors (Lipinski definition) is 1. The van der Waals surface area contributed by atoms with Crippen molar-refractivity contribution in [3.8, 4) is 0 Å². The van der Waals surface area contributed by atoms with Gasteiger partial charge in [-0.1, -0.05) is 20.3 Å². The van der Waals surface area contributed by atoms with E-state index in [0.717, 1.165) is 18.5 Å². The summed E-state index contributed by atoms with van der Waals surface area (Å²) in [5, 5.41) is 3.49.